The van der Waals surface area contributed by atoms with Crippen LogP contribution in [0.4, 0.5) is 0 Å². The largest absolute Gasteiger partial charge is 0.483 e. The second-order valence-corrected chi connectivity index (χ2v) is 7.55. The van der Waals surface area contributed by atoms with Gasteiger partial charge in [0.1, 0.15) is 0 Å². The maximum atomic E-state index is 6.62. The van der Waals surface area contributed by atoms with Crippen LogP contribution in [0.15, 0.2) is 40.9 Å². The van der Waals surface area contributed by atoms with Crippen molar-refractivity contribution in [3.05, 3.63) is 40.9 Å². The van der Waals surface area contributed by atoms with E-state index in [1.807, 2.05) is 30.3 Å². The zero-order valence-corrected chi connectivity index (χ0v) is 14.1. The highest BCUT2D eigenvalue weighted by molar-refractivity contribution is 7.93. The highest BCUT2D eigenvalue weighted by Crippen LogP contribution is 2.53. The van der Waals surface area contributed by atoms with Crippen molar-refractivity contribution in [2.75, 3.05) is 6.61 Å². The minimum atomic E-state index is -0.944. The number of ether oxygens (including phenoxy) is 1. The first-order chi connectivity index (χ1) is 9.07. The van der Waals surface area contributed by atoms with Gasteiger partial charge in [0.15, 0.2) is 5.22 Å². The molecule has 0 aromatic heterocycles. The van der Waals surface area contributed by atoms with Crippen LogP contribution < -0.4 is 5.30 Å². The molecule has 0 aliphatic rings. The van der Waals surface area contributed by atoms with Gasteiger partial charge in [-0.15, -0.1) is 0 Å². The lowest BCUT2D eigenvalue weighted by Crippen LogP contribution is -2.05. The molecule has 0 fully saturated rings. The van der Waals surface area contributed by atoms with Gasteiger partial charge in [0.2, 0.25) is 0 Å². The number of benzene rings is 1. The standard InChI is InChI=1S/C15H21Cl2OP/c1-4-5-11-18-15(16)14(12(2)3)19(17)13-9-7-6-8-10-13/h6-10,12H,4-5,11H2,1-3H3/b15-14-. The van der Waals surface area contributed by atoms with E-state index in [0.717, 1.165) is 23.5 Å². The third-order valence-corrected chi connectivity index (χ3v) is 6.14. The summed E-state index contributed by atoms with van der Waals surface area (Å²) < 4.78 is 5.63. The maximum absolute atomic E-state index is 6.62. The molecule has 0 saturated carbocycles. The first kappa shape index (κ1) is 16.8. The summed E-state index contributed by atoms with van der Waals surface area (Å²) in [6.07, 6.45) is 2.10. The van der Waals surface area contributed by atoms with Crippen molar-refractivity contribution in [1.82, 2.24) is 0 Å². The number of unbranched alkanes of at least 4 members (excludes halogenated alkanes) is 1. The molecule has 0 heterocycles. The van der Waals surface area contributed by atoms with Gasteiger partial charge in [-0.25, -0.2) is 0 Å². The number of hydrogen-bond donors (Lipinski definition) is 0. The van der Waals surface area contributed by atoms with E-state index in [1.54, 1.807) is 0 Å². The summed E-state index contributed by atoms with van der Waals surface area (Å²) in [6.45, 7) is 6.98. The summed E-state index contributed by atoms with van der Waals surface area (Å²) in [5, 5.41) is 2.61. The highest BCUT2D eigenvalue weighted by atomic mass is 35.7. The Labute approximate surface area is 127 Å². The van der Waals surface area contributed by atoms with Gasteiger partial charge in [-0.2, -0.15) is 0 Å². The molecule has 0 bridgehead atoms. The van der Waals surface area contributed by atoms with Crippen molar-refractivity contribution in [2.24, 2.45) is 5.92 Å². The summed E-state index contributed by atoms with van der Waals surface area (Å²) in [4.78, 5) is 0. The quantitative estimate of drug-likeness (QED) is 0.349. The lowest BCUT2D eigenvalue weighted by Gasteiger charge is -2.20. The molecule has 0 amide bonds. The number of rotatable bonds is 7. The third-order valence-electron chi connectivity index (χ3n) is 2.67. The van der Waals surface area contributed by atoms with Crippen LogP contribution in [-0.4, -0.2) is 6.61 Å². The van der Waals surface area contributed by atoms with E-state index < -0.39 is 7.27 Å². The van der Waals surface area contributed by atoms with Gasteiger partial charge in [0.05, 0.1) is 13.9 Å². The van der Waals surface area contributed by atoms with Crippen LogP contribution in [0, 0.1) is 5.92 Å². The molecule has 1 unspecified atom stereocenters. The molecule has 0 aliphatic carbocycles. The Kier molecular flexibility index (Phi) is 7.83. The van der Waals surface area contributed by atoms with Crippen LogP contribution in [0.25, 0.3) is 0 Å². The van der Waals surface area contributed by atoms with Crippen molar-refractivity contribution in [1.29, 1.82) is 0 Å². The Balaban J connectivity index is 2.90. The maximum Gasteiger partial charge on any atom is 0.192 e. The molecule has 1 nitrogen and oxygen atoms in total. The lowest BCUT2D eigenvalue weighted by atomic mass is 10.2. The lowest BCUT2D eigenvalue weighted by molar-refractivity contribution is 0.227. The molecular formula is C15H21Cl2OP. The minimum absolute atomic E-state index is 0.276. The van der Waals surface area contributed by atoms with E-state index in [-0.39, 0.29) is 5.92 Å². The van der Waals surface area contributed by atoms with Gasteiger partial charge in [-0.3, -0.25) is 0 Å². The molecule has 1 rings (SSSR count). The van der Waals surface area contributed by atoms with Gasteiger partial charge in [-0.05, 0) is 29.2 Å². The smallest absolute Gasteiger partial charge is 0.192 e. The molecule has 1 aromatic rings. The van der Waals surface area contributed by atoms with Crippen LogP contribution in [0.1, 0.15) is 33.6 Å². The third kappa shape index (κ3) is 5.34. The first-order valence-electron chi connectivity index (χ1n) is 6.61. The van der Waals surface area contributed by atoms with Gasteiger partial charge in [0, 0.05) is 5.31 Å². The molecule has 0 N–H and O–H groups in total. The Morgan fingerprint density at radius 3 is 2.42 bits per heavy atom. The molecule has 0 aliphatic heterocycles. The molecule has 1 atom stereocenters. The van der Waals surface area contributed by atoms with E-state index in [9.17, 15) is 0 Å². The molecule has 0 spiro atoms. The number of halogens is 2. The Morgan fingerprint density at radius 1 is 1.26 bits per heavy atom. The summed E-state index contributed by atoms with van der Waals surface area (Å²) >= 11 is 12.9. The van der Waals surface area contributed by atoms with Gasteiger partial charge >= 0.3 is 0 Å². The summed E-state index contributed by atoms with van der Waals surface area (Å²) in [5.41, 5.74) is 0. The molecule has 1 aromatic carbocycles. The number of allylic oxidation sites excluding steroid dienone is 1. The Bertz CT molecular complexity index is 404. The predicted molar refractivity (Wildman–Crippen MR) is 87.4 cm³/mol. The van der Waals surface area contributed by atoms with E-state index in [1.165, 1.54) is 0 Å². The predicted octanol–water partition coefficient (Wildman–Crippen LogP) is 5.83. The second-order valence-electron chi connectivity index (χ2n) is 4.63. The van der Waals surface area contributed by atoms with Crippen LogP contribution in [-0.2, 0) is 4.74 Å². The van der Waals surface area contributed by atoms with Crippen molar-refractivity contribution in [2.45, 2.75) is 33.6 Å². The number of hydrogen-bond acceptors (Lipinski definition) is 1. The first-order valence-corrected chi connectivity index (χ1v) is 9.23. The SMILES string of the molecule is CCCCO/C(Cl)=C(/C(C)C)P(Cl)c1ccccc1. The molecular weight excluding hydrogens is 298 g/mol. The van der Waals surface area contributed by atoms with Gasteiger partial charge < -0.3 is 4.74 Å². The Hall–Kier alpha value is -0.230. The van der Waals surface area contributed by atoms with E-state index in [4.69, 9.17) is 27.6 Å². The summed E-state index contributed by atoms with van der Waals surface area (Å²) in [7, 11) is -0.944. The molecule has 0 saturated heterocycles. The topological polar surface area (TPSA) is 9.23 Å². The van der Waals surface area contributed by atoms with Gasteiger partial charge in [-0.1, -0.05) is 68.8 Å². The zero-order chi connectivity index (χ0) is 14.3. The normalized spacial score (nSPS) is 14.2. The van der Waals surface area contributed by atoms with Crippen LogP contribution >= 0.6 is 30.1 Å². The monoisotopic (exact) mass is 318 g/mol. The van der Waals surface area contributed by atoms with E-state index in [2.05, 4.69) is 20.8 Å². The van der Waals surface area contributed by atoms with Crippen molar-refractivity contribution in [3.63, 3.8) is 0 Å². The molecule has 4 heteroatoms. The molecule has 106 valence electrons. The average Bonchev–Trinajstić information content (AvgIpc) is 2.39. The minimum Gasteiger partial charge on any atom is -0.483 e. The van der Waals surface area contributed by atoms with E-state index >= 15 is 0 Å². The highest BCUT2D eigenvalue weighted by Gasteiger charge is 2.21. The fraction of sp³-hybridized carbons (Fsp3) is 0.467. The van der Waals surface area contributed by atoms with Crippen LogP contribution in [0.5, 0.6) is 0 Å². The summed E-state index contributed by atoms with van der Waals surface area (Å²) in [6, 6.07) is 10.1. The fourth-order valence-electron chi connectivity index (χ4n) is 1.61. The summed E-state index contributed by atoms with van der Waals surface area (Å²) in [5.74, 6) is 0.276. The van der Waals surface area contributed by atoms with Gasteiger partial charge in [0.25, 0.3) is 0 Å². The van der Waals surface area contributed by atoms with E-state index in [0.29, 0.717) is 11.8 Å². The zero-order valence-electron chi connectivity index (χ0n) is 11.7. The van der Waals surface area contributed by atoms with Crippen LogP contribution in [0.2, 0.25) is 0 Å². The molecule has 19 heavy (non-hydrogen) atoms. The second kappa shape index (κ2) is 8.84. The van der Waals surface area contributed by atoms with Crippen molar-refractivity contribution in [3.8, 4) is 0 Å². The fourth-order valence-corrected chi connectivity index (χ4v) is 4.83. The van der Waals surface area contributed by atoms with Crippen LogP contribution in [0.3, 0.4) is 0 Å². The molecule has 0 radical (unpaired) electrons. The average molecular weight is 319 g/mol. The Morgan fingerprint density at radius 2 is 1.89 bits per heavy atom. The van der Waals surface area contributed by atoms with Crippen molar-refractivity contribution < 1.29 is 4.74 Å². The van der Waals surface area contributed by atoms with Crippen molar-refractivity contribution >= 4 is 35.4 Å².